The zero-order chi connectivity index (χ0) is 19.5. The topological polar surface area (TPSA) is 87.7 Å². The van der Waals surface area contributed by atoms with Gasteiger partial charge in [0.05, 0.1) is 11.8 Å². The number of benzene rings is 1. The summed E-state index contributed by atoms with van der Waals surface area (Å²) in [5.41, 5.74) is 2.42. The van der Waals surface area contributed by atoms with Crippen molar-refractivity contribution in [1.29, 1.82) is 0 Å². The third kappa shape index (κ3) is 2.24. The molecule has 0 radical (unpaired) electrons. The van der Waals surface area contributed by atoms with Gasteiger partial charge in [-0.05, 0) is 38.3 Å². The lowest BCUT2D eigenvalue weighted by Gasteiger charge is -2.29. The van der Waals surface area contributed by atoms with E-state index in [0.717, 1.165) is 22.4 Å². The molecule has 7 heteroatoms. The lowest BCUT2D eigenvalue weighted by Crippen LogP contribution is -2.53. The normalized spacial score (nSPS) is 31.6. The minimum atomic E-state index is -1.18. The average Bonchev–Trinajstić information content (AvgIpc) is 3.18. The number of carbonyl (C=O) groups is 3. The van der Waals surface area contributed by atoms with Crippen molar-refractivity contribution in [2.45, 2.75) is 38.8 Å². The molecule has 2 fully saturated rings. The summed E-state index contributed by atoms with van der Waals surface area (Å²) in [6.07, 6.45) is 0.587. The second kappa shape index (κ2) is 6.14. The highest BCUT2D eigenvalue weighted by Crippen LogP contribution is 2.53. The molecule has 4 atom stereocenters. The molecule has 1 spiro atoms. The monoisotopic (exact) mass is 371 g/mol. The number of hydrogen-bond acceptors (Lipinski definition) is 5. The lowest BCUT2D eigenvalue weighted by atomic mass is 9.76. The fraction of sp³-hybridized carbons (Fsp3) is 0.550. The SMILES string of the molecule is COCCCN1C(=O)C2C(C)NC3(C(=O)Nc4c3ccc(C)c4C)C2C1=O. The van der Waals surface area contributed by atoms with Crippen LogP contribution in [0.4, 0.5) is 5.69 Å². The Balaban J connectivity index is 1.79. The third-order valence-electron chi connectivity index (χ3n) is 6.39. The van der Waals surface area contributed by atoms with Gasteiger partial charge in [0.2, 0.25) is 17.7 Å². The molecule has 4 unspecified atom stereocenters. The summed E-state index contributed by atoms with van der Waals surface area (Å²) >= 11 is 0. The molecule has 2 saturated heterocycles. The summed E-state index contributed by atoms with van der Waals surface area (Å²) < 4.78 is 5.04. The van der Waals surface area contributed by atoms with E-state index in [0.29, 0.717) is 19.6 Å². The number of anilines is 1. The molecular formula is C20H25N3O4. The molecule has 0 aliphatic carbocycles. The van der Waals surface area contributed by atoms with Crippen LogP contribution in [0, 0.1) is 25.7 Å². The van der Waals surface area contributed by atoms with Crippen molar-refractivity contribution in [2.24, 2.45) is 11.8 Å². The first kappa shape index (κ1) is 18.1. The second-order valence-electron chi connectivity index (χ2n) is 7.80. The number of imide groups is 1. The van der Waals surface area contributed by atoms with E-state index in [4.69, 9.17) is 4.74 Å². The maximum Gasteiger partial charge on any atom is 0.250 e. The number of methoxy groups -OCH3 is 1. The molecule has 2 N–H and O–H groups in total. The van der Waals surface area contributed by atoms with Gasteiger partial charge in [0.1, 0.15) is 5.54 Å². The maximum atomic E-state index is 13.2. The minimum Gasteiger partial charge on any atom is -0.385 e. The Morgan fingerprint density at radius 2 is 1.93 bits per heavy atom. The Hall–Kier alpha value is -2.25. The first-order valence-corrected chi connectivity index (χ1v) is 9.38. The van der Waals surface area contributed by atoms with E-state index in [1.54, 1.807) is 7.11 Å². The lowest BCUT2D eigenvalue weighted by molar-refractivity contribution is -0.143. The molecule has 3 amide bonds. The number of aryl methyl sites for hydroxylation is 1. The van der Waals surface area contributed by atoms with E-state index in [9.17, 15) is 14.4 Å². The second-order valence-corrected chi connectivity index (χ2v) is 7.80. The Bertz CT molecular complexity index is 852. The van der Waals surface area contributed by atoms with Gasteiger partial charge in [-0.2, -0.15) is 0 Å². The molecule has 0 bridgehead atoms. The zero-order valence-electron chi connectivity index (χ0n) is 16.1. The van der Waals surface area contributed by atoms with Crippen LogP contribution >= 0.6 is 0 Å². The third-order valence-corrected chi connectivity index (χ3v) is 6.39. The summed E-state index contributed by atoms with van der Waals surface area (Å²) in [6, 6.07) is 3.61. The van der Waals surface area contributed by atoms with E-state index in [1.807, 2.05) is 32.9 Å². The van der Waals surface area contributed by atoms with Crippen LogP contribution in [0.15, 0.2) is 12.1 Å². The molecule has 1 aromatic carbocycles. The fourth-order valence-corrected chi connectivity index (χ4v) is 4.93. The van der Waals surface area contributed by atoms with Crippen molar-refractivity contribution in [2.75, 3.05) is 25.6 Å². The molecule has 0 saturated carbocycles. The number of fused-ring (bicyclic) bond motifs is 4. The van der Waals surface area contributed by atoms with Crippen molar-refractivity contribution in [1.82, 2.24) is 10.2 Å². The van der Waals surface area contributed by atoms with Gasteiger partial charge >= 0.3 is 0 Å². The summed E-state index contributed by atoms with van der Waals surface area (Å²) in [6.45, 7) is 6.63. The molecule has 3 aliphatic rings. The van der Waals surface area contributed by atoms with Gasteiger partial charge in [0.15, 0.2) is 0 Å². The Labute approximate surface area is 158 Å². The largest absolute Gasteiger partial charge is 0.385 e. The van der Waals surface area contributed by atoms with E-state index in [2.05, 4.69) is 10.6 Å². The van der Waals surface area contributed by atoms with Crippen molar-refractivity contribution in [3.8, 4) is 0 Å². The van der Waals surface area contributed by atoms with Crippen LogP contribution in [0.3, 0.4) is 0 Å². The summed E-state index contributed by atoms with van der Waals surface area (Å²) in [7, 11) is 1.59. The van der Waals surface area contributed by atoms with Gasteiger partial charge in [0.25, 0.3) is 0 Å². The number of likely N-dealkylation sites (tertiary alicyclic amines) is 1. The van der Waals surface area contributed by atoms with Gasteiger partial charge in [0, 0.05) is 37.6 Å². The summed E-state index contributed by atoms with van der Waals surface area (Å²) in [4.78, 5) is 40.7. The number of nitrogens with one attached hydrogen (secondary N) is 2. The highest BCUT2D eigenvalue weighted by atomic mass is 16.5. The quantitative estimate of drug-likeness (QED) is 0.611. The van der Waals surface area contributed by atoms with Gasteiger partial charge in [-0.1, -0.05) is 12.1 Å². The first-order chi connectivity index (χ1) is 12.8. The fourth-order valence-electron chi connectivity index (χ4n) is 4.93. The molecule has 3 heterocycles. The Morgan fingerprint density at radius 3 is 2.63 bits per heavy atom. The van der Waals surface area contributed by atoms with E-state index in [1.165, 1.54) is 4.90 Å². The van der Waals surface area contributed by atoms with Crippen LogP contribution in [0.2, 0.25) is 0 Å². The first-order valence-electron chi connectivity index (χ1n) is 9.38. The van der Waals surface area contributed by atoms with Crippen molar-refractivity contribution >= 4 is 23.4 Å². The minimum absolute atomic E-state index is 0.192. The Morgan fingerprint density at radius 1 is 1.19 bits per heavy atom. The molecule has 3 aliphatic heterocycles. The standard InChI is InChI=1S/C20H25N3O4/c1-10-6-7-13-16(11(10)2)21-19(26)20(13)15-14(12(3)22-20)17(24)23(18(15)25)8-5-9-27-4/h6-7,12,14-15,22H,5,8-9H2,1-4H3,(H,21,26). The van der Waals surface area contributed by atoms with Gasteiger partial charge in [-0.15, -0.1) is 0 Å². The van der Waals surface area contributed by atoms with Crippen LogP contribution < -0.4 is 10.6 Å². The Kier molecular flexibility index (Phi) is 4.12. The van der Waals surface area contributed by atoms with Crippen molar-refractivity contribution < 1.29 is 19.1 Å². The van der Waals surface area contributed by atoms with Crippen LogP contribution in [-0.2, 0) is 24.7 Å². The number of nitrogens with zero attached hydrogens (tertiary/aromatic N) is 1. The number of rotatable bonds is 4. The summed E-state index contributed by atoms with van der Waals surface area (Å²) in [5.74, 6) is -1.95. The van der Waals surface area contributed by atoms with Gasteiger partial charge in [-0.25, -0.2) is 0 Å². The number of carbonyl (C=O) groups excluding carboxylic acids is 3. The zero-order valence-corrected chi connectivity index (χ0v) is 16.1. The molecule has 7 nitrogen and oxygen atoms in total. The predicted molar refractivity (Wildman–Crippen MR) is 99.0 cm³/mol. The van der Waals surface area contributed by atoms with E-state index < -0.39 is 17.4 Å². The summed E-state index contributed by atoms with van der Waals surface area (Å²) in [5, 5.41) is 6.30. The van der Waals surface area contributed by atoms with Crippen LogP contribution in [0.5, 0.6) is 0 Å². The van der Waals surface area contributed by atoms with Gasteiger partial charge < -0.3 is 10.1 Å². The highest BCUT2D eigenvalue weighted by Gasteiger charge is 2.69. The van der Waals surface area contributed by atoms with Crippen molar-refractivity contribution in [3.05, 3.63) is 28.8 Å². The molecular weight excluding hydrogens is 346 g/mol. The van der Waals surface area contributed by atoms with Crippen LogP contribution in [-0.4, -0.2) is 48.9 Å². The van der Waals surface area contributed by atoms with Crippen LogP contribution in [0.25, 0.3) is 0 Å². The van der Waals surface area contributed by atoms with Crippen molar-refractivity contribution in [3.63, 3.8) is 0 Å². The van der Waals surface area contributed by atoms with Gasteiger partial charge in [-0.3, -0.25) is 24.6 Å². The molecule has 4 rings (SSSR count). The number of amides is 3. The predicted octanol–water partition coefficient (Wildman–Crippen LogP) is 1.08. The average molecular weight is 371 g/mol. The molecule has 27 heavy (non-hydrogen) atoms. The molecule has 1 aromatic rings. The maximum absolute atomic E-state index is 13.2. The molecule has 0 aromatic heterocycles. The number of hydrogen-bond donors (Lipinski definition) is 2. The van der Waals surface area contributed by atoms with E-state index in [-0.39, 0.29) is 23.8 Å². The highest BCUT2D eigenvalue weighted by molar-refractivity contribution is 6.15. The van der Waals surface area contributed by atoms with E-state index >= 15 is 0 Å². The molecule has 144 valence electrons. The smallest absolute Gasteiger partial charge is 0.250 e. The number of ether oxygens (including phenoxy) is 1. The van der Waals surface area contributed by atoms with Crippen LogP contribution in [0.1, 0.15) is 30.0 Å².